The van der Waals surface area contributed by atoms with E-state index in [-0.39, 0.29) is 11.7 Å². The number of aromatic hydroxyl groups is 1. The number of aliphatic hydroxyl groups excluding tert-OH is 1. The fraction of sp³-hybridized carbons (Fsp3) is 0.188. The minimum atomic E-state index is -0.621. The number of phenolic OH excluding ortho intramolecular Hbond substituents is 1. The normalized spacial score (nSPS) is 20.1. The summed E-state index contributed by atoms with van der Waals surface area (Å²) in [4.78, 5) is 12.3. The van der Waals surface area contributed by atoms with Crippen LogP contribution < -0.4 is 5.32 Å². The molecule has 3 rings (SSSR count). The second kappa shape index (κ2) is 5.65. The lowest BCUT2D eigenvalue weighted by Gasteiger charge is -2.18. The van der Waals surface area contributed by atoms with Crippen molar-refractivity contribution in [1.29, 1.82) is 0 Å². The number of rotatable bonds is 2. The molecule has 0 aromatic heterocycles. The Labute approximate surface area is 136 Å². The summed E-state index contributed by atoms with van der Waals surface area (Å²) in [5.74, 6) is -0.224. The Hall–Kier alpha value is -1.60. The Bertz CT molecular complexity index is 702. The van der Waals surface area contributed by atoms with Crippen molar-refractivity contribution in [2.75, 3.05) is 0 Å². The van der Waals surface area contributed by atoms with E-state index in [1.807, 2.05) is 46.9 Å². The van der Waals surface area contributed by atoms with Crippen LogP contribution >= 0.6 is 22.6 Å². The highest BCUT2D eigenvalue weighted by molar-refractivity contribution is 14.1. The first kappa shape index (κ1) is 14.3. The lowest BCUT2D eigenvalue weighted by molar-refractivity contribution is 0.0858. The minimum Gasteiger partial charge on any atom is -0.507 e. The maximum absolute atomic E-state index is 12.3. The molecular formula is C16H14INO3. The van der Waals surface area contributed by atoms with Crippen LogP contribution in [-0.2, 0) is 6.42 Å². The van der Waals surface area contributed by atoms with E-state index in [4.69, 9.17) is 0 Å². The monoisotopic (exact) mass is 395 g/mol. The molecule has 4 nitrogen and oxygen atoms in total. The molecular weight excluding hydrogens is 381 g/mol. The molecule has 0 saturated carbocycles. The lowest BCUT2D eigenvalue weighted by Crippen LogP contribution is -2.33. The highest BCUT2D eigenvalue weighted by Gasteiger charge is 2.32. The maximum Gasteiger partial charge on any atom is 0.251 e. The van der Waals surface area contributed by atoms with Crippen LogP contribution in [0.25, 0.3) is 0 Å². The number of fused-ring (bicyclic) bond motifs is 1. The summed E-state index contributed by atoms with van der Waals surface area (Å²) in [6.45, 7) is 0. The van der Waals surface area contributed by atoms with E-state index in [9.17, 15) is 15.0 Å². The first-order valence-electron chi connectivity index (χ1n) is 6.61. The predicted octanol–water partition coefficient (Wildman–Crippen LogP) is 2.38. The van der Waals surface area contributed by atoms with Crippen molar-refractivity contribution in [3.63, 3.8) is 0 Å². The van der Waals surface area contributed by atoms with Gasteiger partial charge in [-0.05, 0) is 51.9 Å². The standard InChI is InChI=1S/C16H14INO3/c17-12-6-5-10(8-13(12)19)16(21)18-15-11-4-2-1-3-9(11)7-14(15)20/h1-6,8,14-15,19-20H,7H2,(H,18,21)/t14-,15+/m1/s1. The summed E-state index contributed by atoms with van der Waals surface area (Å²) >= 11 is 2.00. The topological polar surface area (TPSA) is 69.6 Å². The molecule has 0 unspecified atom stereocenters. The van der Waals surface area contributed by atoms with Crippen LogP contribution in [0.3, 0.4) is 0 Å². The molecule has 0 spiro atoms. The van der Waals surface area contributed by atoms with Gasteiger partial charge >= 0.3 is 0 Å². The number of phenols is 1. The maximum atomic E-state index is 12.3. The second-order valence-corrected chi connectivity index (χ2v) is 6.25. The van der Waals surface area contributed by atoms with E-state index in [2.05, 4.69) is 5.32 Å². The van der Waals surface area contributed by atoms with Crippen LogP contribution in [0, 0.1) is 3.57 Å². The Morgan fingerprint density at radius 1 is 1.24 bits per heavy atom. The van der Waals surface area contributed by atoms with Gasteiger partial charge in [-0.1, -0.05) is 24.3 Å². The van der Waals surface area contributed by atoms with Crippen LogP contribution in [0.1, 0.15) is 27.5 Å². The van der Waals surface area contributed by atoms with Crippen LogP contribution in [-0.4, -0.2) is 22.2 Å². The van der Waals surface area contributed by atoms with Gasteiger partial charge in [0.2, 0.25) is 0 Å². The number of carbonyl (C=O) groups is 1. The molecule has 2 aromatic rings. The summed E-state index contributed by atoms with van der Waals surface area (Å²) in [5, 5.41) is 22.7. The summed E-state index contributed by atoms with van der Waals surface area (Å²) in [6, 6.07) is 12.1. The molecule has 1 aliphatic carbocycles. The van der Waals surface area contributed by atoms with Gasteiger partial charge in [0.25, 0.3) is 5.91 Å². The summed E-state index contributed by atoms with van der Waals surface area (Å²) in [6.07, 6.45) is -0.0808. The lowest BCUT2D eigenvalue weighted by atomic mass is 10.1. The number of hydrogen-bond donors (Lipinski definition) is 3. The second-order valence-electron chi connectivity index (χ2n) is 5.09. The fourth-order valence-electron chi connectivity index (χ4n) is 2.63. The third kappa shape index (κ3) is 2.75. The zero-order valence-corrected chi connectivity index (χ0v) is 13.2. The van der Waals surface area contributed by atoms with Crippen molar-refractivity contribution in [2.24, 2.45) is 0 Å². The Kier molecular flexibility index (Phi) is 3.86. The molecule has 2 atom stereocenters. The number of benzene rings is 2. The highest BCUT2D eigenvalue weighted by Crippen LogP contribution is 2.31. The van der Waals surface area contributed by atoms with Crippen molar-refractivity contribution >= 4 is 28.5 Å². The number of carbonyl (C=O) groups excluding carboxylic acids is 1. The average Bonchev–Trinajstić information content (AvgIpc) is 2.78. The van der Waals surface area contributed by atoms with Gasteiger partial charge in [-0.2, -0.15) is 0 Å². The molecule has 3 N–H and O–H groups in total. The van der Waals surface area contributed by atoms with Gasteiger partial charge in [-0.25, -0.2) is 0 Å². The zero-order valence-electron chi connectivity index (χ0n) is 11.1. The van der Waals surface area contributed by atoms with Crippen molar-refractivity contribution < 1.29 is 15.0 Å². The third-order valence-electron chi connectivity index (χ3n) is 3.70. The quantitative estimate of drug-likeness (QED) is 0.685. The van der Waals surface area contributed by atoms with Gasteiger partial charge in [0, 0.05) is 12.0 Å². The van der Waals surface area contributed by atoms with Crippen molar-refractivity contribution in [3.05, 3.63) is 62.7 Å². The van der Waals surface area contributed by atoms with E-state index < -0.39 is 12.1 Å². The molecule has 0 heterocycles. The molecule has 1 aliphatic rings. The average molecular weight is 395 g/mol. The number of hydrogen-bond acceptors (Lipinski definition) is 3. The van der Waals surface area contributed by atoms with Gasteiger partial charge in [0.1, 0.15) is 5.75 Å². The fourth-order valence-corrected chi connectivity index (χ4v) is 2.96. The molecule has 0 radical (unpaired) electrons. The van der Waals surface area contributed by atoms with Crippen LogP contribution in [0.5, 0.6) is 5.75 Å². The van der Waals surface area contributed by atoms with Crippen LogP contribution in [0.4, 0.5) is 0 Å². The number of halogens is 1. The summed E-state index contributed by atoms with van der Waals surface area (Å²) in [5.41, 5.74) is 2.39. The predicted molar refractivity (Wildman–Crippen MR) is 87.2 cm³/mol. The van der Waals surface area contributed by atoms with Crippen LogP contribution in [0.15, 0.2) is 42.5 Å². The first-order chi connectivity index (χ1) is 10.1. The molecule has 1 amide bonds. The number of nitrogens with one attached hydrogen (secondary N) is 1. The molecule has 2 aromatic carbocycles. The number of amides is 1. The van der Waals surface area contributed by atoms with Crippen molar-refractivity contribution in [2.45, 2.75) is 18.6 Å². The summed E-state index contributed by atoms with van der Waals surface area (Å²) < 4.78 is 0.690. The van der Waals surface area contributed by atoms with E-state index >= 15 is 0 Å². The van der Waals surface area contributed by atoms with Crippen molar-refractivity contribution in [3.8, 4) is 5.75 Å². The molecule has 21 heavy (non-hydrogen) atoms. The van der Waals surface area contributed by atoms with E-state index in [1.54, 1.807) is 12.1 Å². The molecule has 0 saturated heterocycles. The zero-order chi connectivity index (χ0) is 15.0. The third-order valence-corrected chi connectivity index (χ3v) is 4.61. The Morgan fingerprint density at radius 3 is 2.76 bits per heavy atom. The van der Waals surface area contributed by atoms with E-state index in [1.165, 1.54) is 6.07 Å². The molecule has 0 aliphatic heterocycles. The number of aliphatic hydroxyl groups is 1. The van der Waals surface area contributed by atoms with Gasteiger partial charge in [-0.15, -0.1) is 0 Å². The molecule has 5 heteroatoms. The Morgan fingerprint density at radius 2 is 2.00 bits per heavy atom. The summed E-state index contributed by atoms with van der Waals surface area (Å²) in [7, 11) is 0. The smallest absolute Gasteiger partial charge is 0.251 e. The highest BCUT2D eigenvalue weighted by atomic mass is 127. The van der Waals surface area contributed by atoms with Gasteiger partial charge in [0.05, 0.1) is 15.7 Å². The van der Waals surface area contributed by atoms with E-state index in [0.717, 1.165) is 11.1 Å². The van der Waals surface area contributed by atoms with Gasteiger partial charge in [-0.3, -0.25) is 4.79 Å². The Balaban J connectivity index is 1.83. The van der Waals surface area contributed by atoms with E-state index in [0.29, 0.717) is 15.6 Å². The van der Waals surface area contributed by atoms with Crippen LogP contribution in [0.2, 0.25) is 0 Å². The minimum absolute atomic E-state index is 0.0793. The first-order valence-corrected chi connectivity index (χ1v) is 7.69. The van der Waals surface area contributed by atoms with Gasteiger partial charge in [0.15, 0.2) is 0 Å². The van der Waals surface area contributed by atoms with Gasteiger partial charge < -0.3 is 15.5 Å². The SMILES string of the molecule is O=C(N[C@H]1c2ccccc2C[C@H]1O)c1ccc(I)c(O)c1. The van der Waals surface area contributed by atoms with Crippen molar-refractivity contribution in [1.82, 2.24) is 5.32 Å². The molecule has 108 valence electrons. The largest absolute Gasteiger partial charge is 0.507 e. The molecule has 0 fully saturated rings. The molecule has 0 bridgehead atoms.